The Bertz CT molecular complexity index is 388. The quantitative estimate of drug-likeness (QED) is 0.748. The zero-order valence-corrected chi connectivity index (χ0v) is 10.6. The maximum atomic E-state index is 11.8. The summed E-state index contributed by atoms with van der Waals surface area (Å²) in [6, 6.07) is 0. The third kappa shape index (κ3) is 3.45. The Morgan fingerprint density at radius 1 is 1.38 bits per heavy atom. The van der Waals surface area contributed by atoms with Gasteiger partial charge in [0, 0.05) is 12.4 Å². The molecule has 16 heavy (non-hydrogen) atoms. The number of nitrogens with zero attached hydrogens (tertiary/aromatic N) is 2. The predicted molar refractivity (Wildman–Crippen MR) is 61.3 cm³/mol. The van der Waals surface area contributed by atoms with Crippen LogP contribution in [-0.4, -0.2) is 21.5 Å². The van der Waals surface area contributed by atoms with Crippen LogP contribution in [0.25, 0.3) is 0 Å². The second-order valence-corrected chi connectivity index (χ2v) is 4.85. The fourth-order valence-corrected chi connectivity index (χ4v) is 1.39. The number of hydrogen-bond donors (Lipinski definition) is 0. The highest BCUT2D eigenvalue weighted by atomic mass is 35.5. The Labute approximate surface area is 100 Å². The molecule has 1 aromatic heterocycles. The van der Waals surface area contributed by atoms with E-state index in [0.29, 0.717) is 5.69 Å². The highest BCUT2D eigenvalue weighted by molar-refractivity contribution is 6.30. The van der Waals surface area contributed by atoms with Gasteiger partial charge in [-0.05, 0) is 27.7 Å². The van der Waals surface area contributed by atoms with Crippen molar-refractivity contribution in [2.75, 3.05) is 0 Å². The van der Waals surface area contributed by atoms with Crippen LogP contribution in [0.2, 0.25) is 5.15 Å². The zero-order chi connectivity index (χ0) is 12.3. The van der Waals surface area contributed by atoms with E-state index in [-0.39, 0.29) is 11.1 Å². The molecule has 88 valence electrons. The topological polar surface area (TPSA) is 52.1 Å². The average molecular weight is 243 g/mol. The largest absolute Gasteiger partial charge is 0.459 e. The fraction of sp³-hybridized carbons (Fsp3) is 0.545. The van der Waals surface area contributed by atoms with Gasteiger partial charge in [-0.25, -0.2) is 4.98 Å². The van der Waals surface area contributed by atoms with Crippen LogP contribution in [-0.2, 0) is 9.53 Å². The van der Waals surface area contributed by atoms with Crippen molar-refractivity contribution in [1.29, 1.82) is 0 Å². The lowest BCUT2D eigenvalue weighted by Crippen LogP contribution is -2.27. The summed E-state index contributed by atoms with van der Waals surface area (Å²) >= 11 is 5.85. The molecule has 1 unspecified atom stereocenters. The molecule has 0 saturated heterocycles. The minimum absolute atomic E-state index is 0.237. The second-order valence-electron chi connectivity index (χ2n) is 4.49. The minimum atomic E-state index is -0.514. The molecule has 4 nitrogen and oxygen atoms in total. The predicted octanol–water partition coefficient (Wildman–Crippen LogP) is 2.58. The monoisotopic (exact) mass is 242 g/mol. The number of carbonyl (C=O) groups is 1. The van der Waals surface area contributed by atoms with Crippen molar-refractivity contribution in [3.63, 3.8) is 0 Å². The Morgan fingerprint density at radius 2 is 1.94 bits per heavy atom. The lowest BCUT2D eigenvalue weighted by Gasteiger charge is -2.22. The molecule has 0 fully saturated rings. The van der Waals surface area contributed by atoms with Crippen LogP contribution in [0.4, 0.5) is 0 Å². The molecule has 0 aliphatic heterocycles. The number of esters is 1. The summed E-state index contributed by atoms with van der Waals surface area (Å²) in [5.41, 5.74) is -0.0709. The first kappa shape index (κ1) is 12.9. The molecule has 0 spiro atoms. The summed E-state index contributed by atoms with van der Waals surface area (Å²) in [7, 11) is 0. The molecule has 0 radical (unpaired) electrons. The van der Waals surface area contributed by atoms with E-state index in [4.69, 9.17) is 16.3 Å². The number of ether oxygens (including phenoxy) is 1. The van der Waals surface area contributed by atoms with Gasteiger partial charge < -0.3 is 4.74 Å². The second kappa shape index (κ2) is 4.78. The molecule has 0 aromatic carbocycles. The molecule has 0 aliphatic carbocycles. The van der Waals surface area contributed by atoms with Gasteiger partial charge in [-0.15, -0.1) is 0 Å². The van der Waals surface area contributed by atoms with E-state index >= 15 is 0 Å². The number of hydrogen-bond acceptors (Lipinski definition) is 4. The highest BCUT2D eigenvalue weighted by Crippen LogP contribution is 2.22. The van der Waals surface area contributed by atoms with Crippen LogP contribution in [0.15, 0.2) is 12.4 Å². The van der Waals surface area contributed by atoms with Crippen LogP contribution in [0.3, 0.4) is 0 Å². The molecule has 0 N–H and O–H groups in total. The Kier molecular flexibility index (Phi) is 3.86. The van der Waals surface area contributed by atoms with Crippen molar-refractivity contribution in [2.24, 2.45) is 0 Å². The Hall–Kier alpha value is -1.16. The first-order chi connectivity index (χ1) is 7.31. The summed E-state index contributed by atoms with van der Waals surface area (Å²) < 4.78 is 5.24. The van der Waals surface area contributed by atoms with Crippen molar-refractivity contribution in [1.82, 2.24) is 9.97 Å². The summed E-state index contributed by atoms with van der Waals surface area (Å²) in [6.45, 7) is 7.14. The molecular formula is C11H15ClN2O2. The van der Waals surface area contributed by atoms with E-state index in [1.807, 2.05) is 20.8 Å². The number of aromatic nitrogens is 2. The van der Waals surface area contributed by atoms with Crippen molar-refractivity contribution >= 4 is 17.6 Å². The van der Waals surface area contributed by atoms with Crippen molar-refractivity contribution in [3.8, 4) is 0 Å². The molecular weight excluding hydrogens is 228 g/mol. The van der Waals surface area contributed by atoms with Crippen LogP contribution in [0.5, 0.6) is 0 Å². The van der Waals surface area contributed by atoms with Gasteiger partial charge in [0.2, 0.25) is 0 Å². The van der Waals surface area contributed by atoms with E-state index in [0.717, 1.165) is 0 Å². The van der Waals surface area contributed by atoms with Gasteiger partial charge in [-0.3, -0.25) is 9.78 Å². The summed E-state index contributed by atoms with van der Waals surface area (Å²) in [5, 5.41) is 0.237. The first-order valence-corrected chi connectivity index (χ1v) is 5.38. The summed E-state index contributed by atoms with van der Waals surface area (Å²) in [4.78, 5) is 19.7. The Morgan fingerprint density at radius 3 is 2.44 bits per heavy atom. The SMILES string of the molecule is CC(C(=O)OC(C)(C)C)c1nccnc1Cl. The normalized spacial score (nSPS) is 13.3. The summed E-state index contributed by atoms with van der Waals surface area (Å²) in [5.74, 6) is -0.865. The van der Waals surface area contributed by atoms with E-state index in [1.165, 1.54) is 12.4 Å². The van der Waals surface area contributed by atoms with Gasteiger partial charge in [0.25, 0.3) is 0 Å². The molecule has 5 heteroatoms. The van der Waals surface area contributed by atoms with Gasteiger partial charge >= 0.3 is 5.97 Å². The van der Waals surface area contributed by atoms with Crippen LogP contribution >= 0.6 is 11.6 Å². The molecule has 1 atom stereocenters. The van der Waals surface area contributed by atoms with E-state index in [1.54, 1.807) is 6.92 Å². The highest BCUT2D eigenvalue weighted by Gasteiger charge is 2.25. The third-order valence-electron chi connectivity index (χ3n) is 1.85. The van der Waals surface area contributed by atoms with E-state index in [9.17, 15) is 4.79 Å². The van der Waals surface area contributed by atoms with E-state index < -0.39 is 11.5 Å². The molecule has 1 heterocycles. The fourth-order valence-electron chi connectivity index (χ4n) is 1.12. The maximum Gasteiger partial charge on any atom is 0.315 e. The van der Waals surface area contributed by atoms with Crippen molar-refractivity contribution in [3.05, 3.63) is 23.2 Å². The van der Waals surface area contributed by atoms with Gasteiger partial charge in [-0.1, -0.05) is 11.6 Å². The molecule has 0 saturated carbocycles. The van der Waals surface area contributed by atoms with Gasteiger partial charge in [-0.2, -0.15) is 0 Å². The Balaban J connectivity index is 2.83. The lowest BCUT2D eigenvalue weighted by molar-refractivity contribution is -0.156. The third-order valence-corrected chi connectivity index (χ3v) is 2.14. The average Bonchev–Trinajstić information content (AvgIpc) is 2.15. The summed E-state index contributed by atoms with van der Waals surface area (Å²) in [6.07, 6.45) is 2.98. The van der Waals surface area contributed by atoms with Crippen LogP contribution < -0.4 is 0 Å². The number of halogens is 1. The maximum absolute atomic E-state index is 11.8. The minimum Gasteiger partial charge on any atom is -0.459 e. The van der Waals surface area contributed by atoms with Gasteiger partial charge in [0.1, 0.15) is 5.60 Å². The molecule has 1 rings (SSSR count). The van der Waals surface area contributed by atoms with Gasteiger partial charge in [0.15, 0.2) is 5.15 Å². The molecule has 0 bridgehead atoms. The van der Waals surface area contributed by atoms with Crippen LogP contribution in [0.1, 0.15) is 39.3 Å². The first-order valence-electron chi connectivity index (χ1n) is 5.00. The smallest absolute Gasteiger partial charge is 0.315 e. The molecule has 0 amide bonds. The lowest BCUT2D eigenvalue weighted by atomic mass is 10.1. The zero-order valence-electron chi connectivity index (χ0n) is 9.82. The number of carbonyl (C=O) groups excluding carboxylic acids is 1. The van der Waals surface area contributed by atoms with Crippen molar-refractivity contribution in [2.45, 2.75) is 39.2 Å². The van der Waals surface area contributed by atoms with Crippen LogP contribution in [0, 0.1) is 0 Å². The number of rotatable bonds is 2. The van der Waals surface area contributed by atoms with Gasteiger partial charge in [0.05, 0.1) is 11.6 Å². The molecule has 1 aromatic rings. The standard InChI is InChI=1S/C11H15ClN2O2/c1-7(10(15)16-11(2,3)4)8-9(12)14-6-5-13-8/h5-7H,1-4H3. The molecule has 0 aliphatic rings. The van der Waals surface area contributed by atoms with E-state index in [2.05, 4.69) is 9.97 Å². The van der Waals surface area contributed by atoms with Crippen molar-refractivity contribution < 1.29 is 9.53 Å².